The highest BCUT2D eigenvalue weighted by atomic mass is 127. The zero-order valence-corrected chi connectivity index (χ0v) is 10.9. The van der Waals surface area contributed by atoms with Crippen LogP contribution in [0.1, 0.15) is 24.3 Å². The van der Waals surface area contributed by atoms with Crippen LogP contribution in [-0.4, -0.2) is 28.5 Å². The van der Waals surface area contributed by atoms with Crippen LogP contribution in [0.3, 0.4) is 0 Å². The molecule has 1 amide bonds. The largest absolute Gasteiger partial charge is 0.346 e. The topological polar surface area (TPSA) is 25.2 Å². The number of hydrogen-bond donors (Lipinski definition) is 0. The molecular formula is C10H15IN2O. The lowest BCUT2D eigenvalue weighted by Gasteiger charge is -2.18. The van der Waals surface area contributed by atoms with Crippen LogP contribution in [-0.2, 0) is 7.05 Å². The molecule has 14 heavy (non-hydrogen) atoms. The van der Waals surface area contributed by atoms with Crippen molar-refractivity contribution in [2.45, 2.75) is 13.8 Å². The summed E-state index contributed by atoms with van der Waals surface area (Å²) in [5.41, 5.74) is 0.762. The molecule has 1 rings (SSSR count). The number of nitrogens with zero attached hydrogens (tertiary/aromatic N) is 2. The predicted molar refractivity (Wildman–Crippen MR) is 65.4 cm³/mol. The summed E-state index contributed by atoms with van der Waals surface area (Å²) in [7, 11) is 1.90. The zero-order chi connectivity index (χ0) is 10.7. The van der Waals surface area contributed by atoms with E-state index in [0.717, 1.165) is 22.4 Å². The van der Waals surface area contributed by atoms with Gasteiger partial charge in [0.25, 0.3) is 5.91 Å². The first-order valence-corrected chi connectivity index (χ1v) is 5.79. The number of hydrogen-bond acceptors (Lipinski definition) is 1. The molecule has 0 unspecified atom stereocenters. The number of halogens is 1. The highest BCUT2D eigenvalue weighted by Crippen LogP contribution is 2.11. The molecule has 1 aromatic heterocycles. The van der Waals surface area contributed by atoms with E-state index >= 15 is 0 Å². The lowest BCUT2D eigenvalue weighted by Crippen LogP contribution is -2.31. The van der Waals surface area contributed by atoms with E-state index in [9.17, 15) is 4.79 Å². The summed E-state index contributed by atoms with van der Waals surface area (Å²) in [6.45, 7) is 5.51. The Balaban J connectivity index is 2.93. The summed E-state index contributed by atoms with van der Waals surface area (Å²) in [6, 6.07) is 1.92. The highest BCUT2D eigenvalue weighted by Gasteiger charge is 2.15. The molecule has 1 heterocycles. The summed E-state index contributed by atoms with van der Waals surface area (Å²) < 4.78 is 2.98. The van der Waals surface area contributed by atoms with Crippen LogP contribution in [0.4, 0.5) is 0 Å². The average molecular weight is 306 g/mol. The maximum Gasteiger partial charge on any atom is 0.270 e. The van der Waals surface area contributed by atoms with Crippen LogP contribution >= 0.6 is 22.6 Å². The van der Waals surface area contributed by atoms with Crippen LogP contribution in [0.5, 0.6) is 0 Å². The Kier molecular flexibility index (Phi) is 3.97. The Morgan fingerprint density at radius 1 is 1.50 bits per heavy atom. The third kappa shape index (κ3) is 2.29. The Morgan fingerprint density at radius 2 is 2.07 bits per heavy atom. The van der Waals surface area contributed by atoms with Crippen molar-refractivity contribution in [3.05, 3.63) is 21.5 Å². The highest BCUT2D eigenvalue weighted by molar-refractivity contribution is 14.1. The van der Waals surface area contributed by atoms with E-state index in [0.29, 0.717) is 0 Å². The Labute approximate surface area is 98.2 Å². The van der Waals surface area contributed by atoms with Crippen LogP contribution in [0.15, 0.2) is 12.3 Å². The first-order chi connectivity index (χ1) is 6.60. The number of amides is 1. The lowest BCUT2D eigenvalue weighted by atomic mass is 10.3. The molecule has 0 saturated carbocycles. The van der Waals surface area contributed by atoms with Gasteiger partial charge in [-0.15, -0.1) is 0 Å². The molecule has 0 atom stereocenters. The third-order valence-corrected chi connectivity index (χ3v) is 2.83. The van der Waals surface area contributed by atoms with Crippen molar-refractivity contribution in [3.63, 3.8) is 0 Å². The predicted octanol–water partition coefficient (Wildman–Crippen LogP) is 2.11. The Bertz CT molecular complexity index is 329. The SMILES string of the molecule is CCN(CC)C(=O)c1cc(I)cn1C. The second kappa shape index (κ2) is 4.82. The molecule has 0 aliphatic heterocycles. The van der Waals surface area contributed by atoms with E-state index in [4.69, 9.17) is 0 Å². The fourth-order valence-corrected chi connectivity index (χ4v) is 2.12. The van der Waals surface area contributed by atoms with E-state index in [-0.39, 0.29) is 5.91 Å². The molecule has 0 N–H and O–H groups in total. The molecule has 4 heteroatoms. The van der Waals surface area contributed by atoms with Crippen LogP contribution < -0.4 is 0 Å². The maximum absolute atomic E-state index is 11.9. The van der Waals surface area contributed by atoms with Gasteiger partial charge < -0.3 is 9.47 Å². The van der Waals surface area contributed by atoms with Crippen molar-refractivity contribution < 1.29 is 4.79 Å². The average Bonchev–Trinajstić information content (AvgIpc) is 2.47. The minimum Gasteiger partial charge on any atom is -0.346 e. The fourth-order valence-electron chi connectivity index (χ4n) is 1.41. The molecule has 0 saturated heterocycles. The molecule has 0 spiro atoms. The second-order valence-electron chi connectivity index (χ2n) is 3.13. The summed E-state index contributed by atoms with van der Waals surface area (Å²) in [5.74, 6) is 0.111. The van der Waals surface area contributed by atoms with Gasteiger partial charge in [-0.25, -0.2) is 0 Å². The molecule has 3 nitrogen and oxygen atoms in total. The first kappa shape index (κ1) is 11.6. The number of carbonyl (C=O) groups excluding carboxylic acids is 1. The number of aryl methyl sites for hydroxylation is 1. The summed E-state index contributed by atoms with van der Waals surface area (Å²) in [4.78, 5) is 13.8. The van der Waals surface area contributed by atoms with Gasteiger partial charge in [-0.3, -0.25) is 4.79 Å². The van der Waals surface area contributed by atoms with Crippen molar-refractivity contribution in [1.82, 2.24) is 9.47 Å². The summed E-state index contributed by atoms with van der Waals surface area (Å²) in [5, 5.41) is 0. The molecule has 0 aliphatic carbocycles. The van der Waals surface area contributed by atoms with Gasteiger partial charge in [0.15, 0.2) is 0 Å². The van der Waals surface area contributed by atoms with Gasteiger partial charge in [0, 0.05) is 29.9 Å². The van der Waals surface area contributed by atoms with E-state index in [1.807, 2.05) is 42.6 Å². The van der Waals surface area contributed by atoms with E-state index in [1.165, 1.54) is 0 Å². The summed E-state index contributed by atoms with van der Waals surface area (Å²) in [6.07, 6.45) is 1.96. The van der Waals surface area contributed by atoms with Crippen molar-refractivity contribution in [3.8, 4) is 0 Å². The van der Waals surface area contributed by atoms with Gasteiger partial charge >= 0.3 is 0 Å². The van der Waals surface area contributed by atoms with E-state index in [2.05, 4.69) is 22.6 Å². The van der Waals surface area contributed by atoms with Crippen molar-refractivity contribution in [1.29, 1.82) is 0 Å². The summed E-state index contributed by atoms with van der Waals surface area (Å²) >= 11 is 2.22. The minimum absolute atomic E-state index is 0.111. The number of rotatable bonds is 3. The van der Waals surface area contributed by atoms with E-state index < -0.39 is 0 Å². The molecule has 0 aromatic carbocycles. The van der Waals surface area contributed by atoms with Gasteiger partial charge in [0.2, 0.25) is 0 Å². The zero-order valence-electron chi connectivity index (χ0n) is 8.75. The fraction of sp³-hybridized carbons (Fsp3) is 0.500. The van der Waals surface area contributed by atoms with Gasteiger partial charge in [0.1, 0.15) is 5.69 Å². The smallest absolute Gasteiger partial charge is 0.270 e. The minimum atomic E-state index is 0.111. The van der Waals surface area contributed by atoms with Gasteiger partial charge in [-0.2, -0.15) is 0 Å². The third-order valence-electron chi connectivity index (χ3n) is 2.24. The standard InChI is InChI=1S/C10H15IN2O/c1-4-13(5-2)10(14)9-6-8(11)7-12(9)3/h6-7H,4-5H2,1-3H3. The van der Waals surface area contributed by atoms with Crippen molar-refractivity contribution in [2.75, 3.05) is 13.1 Å². The Morgan fingerprint density at radius 3 is 2.43 bits per heavy atom. The normalized spacial score (nSPS) is 10.3. The second-order valence-corrected chi connectivity index (χ2v) is 4.38. The molecule has 0 aliphatic rings. The van der Waals surface area contributed by atoms with Crippen LogP contribution in [0.2, 0.25) is 0 Å². The maximum atomic E-state index is 11.9. The van der Waals surface area contributed by atoms with Crippen molar-refractivity contribution in [2.24, 2.45) is 7.05 Å². The van der Waals surface area contributed by atoms with Gasteiger partial charge in [-0.05, 0) is 42.5 Å². The molecule has 1 aromatic rings. The number of aromatic nitrogens is 1. The molecular weight excluding hydrogens is 291 g/mol. The lowest BCUT2D eigenvalue weighted by molar-refractivity contribution is 0.0763. The molecule has 78 valence electrons. The van der Waals surface area contributed by atoms with E-state index in [1.54, 1.807) is 0 Å². The quantitative estimate of drug-likeness (QED) is 0.785. The monoisotopic (exact) mass is 306 g/mol. The van der Waals surface area contributed by atoms with Crippen LogP contribution in [0, 0.1) is 3.57 Å². The molecule has 0 fully saturated rings. The molecule has 0 bridgehead atoms. The first-order valence-electron chi connectivity index (χ1n) is 4.71. The van der Waals surface area contributed by atoms with Crippen LogP contribution in [0.25, 0.3) is 0 Å². The number of carbonyl (C=O) groups is 1. The molecule has 0 radical (unpaired) electrons. The van der Waals surface area contributed by atoms with Crippen molar-refractivity contribution >= 4 is 28.5 Å². The van der Waals surface area contributed by atoms with Gasteiger partial charge in [0.05, 0.1) is 0 Å². The Hall–Kier alpha value is -0.520. The van der Waals surface area contributed by atoms with Gasteiger partial charge in [-0.1, -0.05) is 0 Å².